The average molecular weight is 370 g/mol. The number of fused-ring (bicyclic) bond motifs is 5. The summed E-state index contributed by atoms with van der Waals surface area (Å²) in [4.78, 5) is 12.0. The molecule has 7 atom stereocenters. The number of hydrogen-bond donors (Lipinski definition) is 0. The van der Waals surface area contributed by atoms with Gasteiger partial charge in [0.25, 0.3) is 0 Å². The van der Waals surface area contributed by atoms with Crippen molar-refractivity contribution in [3.8, 4) is 0 Å². The number of allylic oxidation sites excluding steroid dienone is 2. The first-order chi connectivity index (χ1) is 13.0. The highest BCUT2D eigenvalue weighted by molar-refractivity contribution is 5.90. The maximum absolute atomic E-state index is 12.0. The van der Waals surface area contributed by atoms with E-state index in [2.05, 4.69) is 18.2 Å². The van der Waals surface area contributed by atoms with Crippen LogP contribution in [0.1, 0.15) is 32.3 Å². The second kappa shape index (κ2) is 6.52. The van der Waals surface area contributed by atoms with Gasteiger partial charge >= 0.3 is 0 Å². The molecule has 1 saturated carbocycles. The van der Waals surface area contributed by atoms with Crippen LogP contribution in [-0.2, 0) is 30.3 Å². The summed E-state index contributed by atoms with van der Waals surface area (Å²) in [6.07, 6.45) is 4.62. The minimum absolute atomic E-state index is 0.0586. The molecule has 0 N–H and O–H groups in total. The Labute approximate surface area is 159 Å². The molecule has 27 heavy (non-hydrogen) atoms. The molecule has 0 amide bonds. The Morgan fingerprint density at radius 2 is 1.96 bits per heavy atom. The van der Waals surface area contributed by atoms with E-state index in [4.69, 9.17) is 18.9 Å². The summed E-state index contributed by atoms with van der Waals surface area (Å²) in [5, 5.41) is 0. The second-order valence-corrected chi connectivity index (χ2v) is 8.58. The zero-order valence-electron chi connectivity index (χ0n) is 15.7. The van der Waals surface area contributed by atoms with Crippen LogP contribution in [0.4, 0.5) is 0 Å². The highest BCUT2D eigenvalue weighted by Gasteiger charge is 2.61. The van der Waals surface area contributed by atoms with Gasteiger partial charge in [-0.25, -0.2) is 0 Å². The predicted octanol–water partition coefficient (Wildman–Crippen LogP) is 3.23. The fraction of sp³-hybridized carbons (Fsp3) is 0.591. The monoisotopic (exact) mass is 370 g/mol. The Hall–Kier alpha value is -1.53. The molecule has 3 fully saturated rings. The smallest absolute Gasteiger partial charge is 0.187 e. The Balaban J connectivity index is 1.40. The molecule has 2 saturated heterocycles. The van der Waals surface area contributed by atoms with Gasteiger partial charge in [0.15, 0.2) is 17.9 Å². The predicted molar refractivity (Wildman–Crippen MR) is 97.6 cm³/mol. The van der Waals surface area contributed by atoms with E-state index in [0.717, 1.165) is 12.0 Å². The van der Waals surface area contributed by atoms with Crippen LogP contribution in [0.3, 0.4) is 0 Å². The van der Waals surface area contributed by atoms with Gasteiger partial charge in [-0.15, -0.1) is 0 Å². The topological polar surface area (TPSA) is 54.0 Å². The summed E-state index contributed by atoms with van der Waals surface area (Å²) in [6, 6.07) is 10.2. The number of ether oxygens (including phenoxy) is 4. The van der Waals surface area contributed by atoms with Crippen LogP contribution in [0.15, 0.2) is 42.5 Å². The van der Waals surface area contributed by atoms with Crippen molar-refractivity contribution in [3.05, 3.63) is 48.0 Å². The van der Waals surface area contributed by atoms with Crippen molar-refractivity contribution in [2.75, 3.05) is 0 Å². The lowest BCUT2D eigenvalue weighted by Gasteiger charge is -2.44. The first-order valence-corrected chi connectivity index (χ1v) is 9.88. The molecule has 0 spiro atoms. The van der Waals surface area contributed by atoms with Crippen LogP contribution in [-0.4, -0.2) is 36.2 Å². The van der Waals surface area contributed by atoms with Crippen molar-refractivity contribution in [2.24, 2.45) is 17.8 Å². The molecule has 0 unspecified atom stereocenters. The quantitative estimate of drug-likeness (QED) is 0.818. The maximum Gasteiger partial charge on any atom is 0.187 e. The fourth-order valence-electron chi connectivity index (χ4n) is 5.22. The summed E-state index contributed by atoms with van der Waals surface area (Å²) in [7, 11) is 0. The zero-order valence-corrected chi connectivity index (χ0v) is 15.7. The number of rotatable bonds is 3. The van der Waals surface area contributed by atoms with E-state index in [1.54, 1.807) is 6.08 Å². The van der Waals surface area contributed by atoms with E-state index in [9.17, 15) is 4.79 Å². The third kappa shape index (κ3) is 3.17. The van der Waals surface area contributed by atoms with Gasteiger partial charge in [0.2, 0.25) is 0 Å². The summed E-state index contributed by atoms with van der Waals surface area (Å²) in [5.74, 6) is 0.273. The van der Waals surface area contributed by atoms with Gasteiger partial charge < -0.3 is 18.9 Å². The third-order valence-corrected chi connectivity index (χ3v) is 6.30. The normalized spacial score (nSPS) is 41.9. The Kier molecular flexibility index (Phi) is 4.24. The SMILES string of the molecule is CC1(C)O[C@H]2O[C@H]3[C@@H]([C@H]4C=CC(=O)C[C@@H]4C[C@H]3OCc3ccccc3)[C@H]2O1. The molecule has 4 aliphatic rings. The molecule has 1 aromatic rings. The largest absolute Gasteiger partial charge is 0.371 e. The molecule has 5 rings (SSSR count). The van der Waals surface area contributed by atoms with E-state index >= 15 is 0 Å². The van der Waals surface area contributed by atoms with E-state index in [1.807, 2.05) is 32.0 Å². The van der Waals surface area contributed by atoms with Gasteiger partial charge in [0, 0.05) is 12.3 Å². The van der Waals surface area contributed by atoms with Crippen LogP contribution in [0.2, 0.25) is 0 Å². The van der Waals surface area contributed by atoms with Gasteiger partial charge in [0.1, 0.15) is 6.10 Å². The lowest BCUT2D eigenvalue weighted by Crippen LogP contribution is -2.50. The molecule has 1 aromatic carbocycles. The van der Waals surface area contributed by atoms with Gasteiger partial charge in [-0.05, 0) is 43.7 Å². The highest BCUT2D eigenvalue weighted by Crippen LogP contribution is 2.52. The van der Waals surface area contributed by atoms with Crippen molar-refractivity contribution >= 4 is 5.78 Å². The summed E-state index contributed by atoms with van der Waals surface area (Å²) < 4.78 is 24.8. The maximum atomic E-state index is 12.0. The third-order valence-electron chi connectivity index (χ3n) is 6.30. The Bertz CT molecular complexity index is 742. The molecule has 0 radical (unpaired) electrons. The van der Waals surface area contributed by atoms with Crippen molar-refractivity contribution in [3.63, 3.8) is 0 Å². The first kappa shape index (κ1) is 17.6. The minimum Gasteiger partial charge on any atom is -0.371 e. The van der Waals surface area contributed by atoms with Crippen molar-refractivity contribution in [1.29, 1.82) is 0 Å². The number of ketones is 1. The molecule has 2 aliphatic heterocycles. The van der Waals surface area contributed by atoms with Gasteiger partial charge in [-0.3, -0.25) is 4.79 Å². The lowest BCUT2D eigenvalue weighted by molar-refractivity contribution is -0.234. The molecular formula is C22H26O5. The van der Waals surface area contributed by atoms with Gasteiger partial charge in [-0.1, -0.05) is 36.4 Å². The molecule has 144 valence electrons. The van der Waals surface area contributed by atoms with Crippen LogP contribution < -0.4 is 0 Å². The molecule has 2 heterocycles. The van der Waals surface area contributed by atoms with E-state index < -0.39 is 5.79 Å². The van der Waals surface area contributed by atoms with Crippen molar-refractivity contribution < 1.29 is 23.7 Å². The minimum atomic E-state index is -0.637. The zero-order chi connectivity index (χ0) is 18.6. The van der Waals surface area contributed by atoms with Gasteiger partial charge in [0.05, 0.1) is 18.8 Å². The summed E-state index contributed by atoms with van der Waals surface area (Å²) >= 11 is 0. The van der Waals surface area contributed by atoms with Crippen molar-refractivity contribution in [1.82, 2.24) is 0 Å². The van der Waals surface area contributed by atoms with E-state index in [-0.39, 0.29) is 48.1 Å². The van der Waals surface area contributed by atoms with Crippen LogP contribution in [0.25, 0.3) is 0 Å². The Morgan fingerprint density at radius 3 is 2.78 bits per heavy atom. The van der Waals surface area contributed by atoms with Crippen LogP contribution in [0, 0.1) is 17.8 Å². The molecular weight excluding hydrogens is 344 g/mol. The molecule has 0 aromatic heterocycles. The number of benzene rings is 1. The average Bonchev–Trinajstić information content (AvgIpc) is 3.12. The lowest BCUT2D eigenvalue weighted by atomic mass is 9.64. The number of carbonyl (C=O) groups excluding carboxylic acids is 1. The van der Waals surface area contributed by atoms with Crippen LogP contribution >= 0.6 is 0 Å². The van der Waals surface area contributed by atoms with Gasteiger partial charge in [-0.2, -0.15) is 0 Å². The summed E-state index contributed by atoms with van der Waals surface area (Å²) in [6.45, 7) is 4.39. The Morgan fingerprint density at radius 1 is 1.15 bits per heavy atom. The summed E-state index contributed by atoms with van der Waals surface area (Å²) in [5.41, 5.74) is 1.14. The number of carbonyl (C=O) groups is 1. The first-order valence-electron chi connectivity index (χ1n) is 9.88. The standard InChI is InChI=1S/C22H26O5/c1-22(2)26-20-18-16-9-8-15(23)10-14(16)11-17(19(18)25-21(20)27-22)24-12-13-6-4-3-5-7-13/h3-9,14,16-21H,10-12H2,1-2H3/t14-,16+,17-,18-,19-,20-,21-/m1/s1. The van der Waals surface area contributed by atoms with E-state index in [0.29, 0.717) is 13.0 Å². The molecule has 5 heteroatoms. The second-order valence-electron chi connectivity index (χ2n) is 8.58. The molecule has 5 nitrogen and oxygen atoms in total. The van der Waals surface area contributed by atoms with E-state index in [1.165, 1.54) is 0 Å². The molecule has 2 aliphatic carbocycles. The van der Waals surface area contributed by atoms with Crippen LogP contribution in [0.5, 0.6) is 0 Å². The number of hydrogen-bond acceptors (Lipinski definition) is 5. The molecule has 0 bridgehead atoms. The van der Waals surface area contributed by atoms with Crippen molar-refractivity contribution in [2.45, 2.75) is 63.7 Å². The highest BCUT2D eigenvalue weighted by atomic mass is 16.8. The fourth-order valence-corrected chi connectivity index (χ4v) is 5.22.